The molecule has 1 N–H and O–H groups in total. The molecule has 2 saturated heterocycles. The number of fused-ring (bicyclic) bond motifs is 3. The Kier molecular flexibility index (Phi) is 7.38. The second-order valence-electron chi connectivity index (χ2n) is 12.2. The summed E-state index contributed by atoms with van der Waals surface area (Å²) in [5, 5.41) is 3.64. The quantitative estimate of drug-likeness (QED) is 0.615. The van der Waals surface area contributed by atoms with Crippen molar-refractivity contribution < 1.29 is 4.79 Å². The van der Waals surface area contributed by atoms with E-state index in [1.165, 1.54) is 36.8 Å². The van der Waals surface area contributed by atoms with Gasteiger partial charge in [0.05, 0.1) is 0 Å². The lowest BCUT2D eigenvalue weighted by Gasteiger charge is -2.63. The van der Waals surface area contributed by atoms with Crippen LogP contribution in [0.5, 0.6) is 0 Å². The van der Waals surface area contributed by atoms with Gasteiger partial charge in [-0.1, -0.05) is 60.7 Å². The summed E-state index contributed by atoms with van der Waals surface area (Å²) in [6.45, 7) is 7.71. The van der Waals surface area contributed by atoms with Gasteiger partial charge >= 0.3 is 0 Å². The third kappa shape index (κ3) is 5.23. The number of carbonyl (C=O) groups is 1. The molecule has 0 unspecified atom stereocenters. The molecule has 5 heteroatoms. The van der Waals surface area contributed by atoms with Gasteiger partial charge in [-0.2, -0.15) is 0 Å². The molecular weight excluding hydrogens is 456 g/mol. The highest BCUT2D eigenvalue weighted by Gasteiger charge is 2.58. The van der Waals surface area contributed by atoms with Gasteiger partial charge in [0.25, 0.3) is 0 Å². The normalized spacial score (nSPS) is 33.0. The molecule has 5 nitrogen and oxygen atoms in total. The van der Waals surface area contributed by atoms with E-state index < -0.39 is 0 Å². The summed E-state index contributed by atoms with van der Waals surface area (Å²) in [4.78, 5) is 21.1. The van der Waals surface area contributed by atoms with E-state index in [0.29, 0.717) is 24.2 Å². The number of nitrogens with one attached hydrogen (secondary N) is 1. The molecule has 1 amide bonds. The van der Waals surface area contributed by atoms with Crippen LogP contribution in [0.1, 0.15) is 61.5 Å². The summed E-state index contributed by atoms with van der Waals surface area (Å²) < 4.78 is 0. The van der Waals surface area contributed by atoms with Gasteiger partial charge in [-0.15, -0.1) is 0 Å². The Morgan fingerprint density at radius 3 is 1.95 bits per heavy atom. The fourth-order valence-electron chi connectivity index (χ4n) is 8.17. The molecule has 2 aromatic carbocycles. The zero-order valence-corrected chi connectivity index (χ0v) is 22.5. The maximum absolute atomic E-state index is 13.4. The highest BCUT2D eigenvalue weighted by molar-refractivity contribution is 5.76. The van der Waals surface area contributed by atoms with Crippen molar-refractivity contribution in [3.05, 3.63) is 71.8 Å². The average molecular weight is 501 g/mol. The van der Waals surface area contributed by atoms with Crippen LogP contribution >= 0.6 is 0 Å². The van der Waals surface area contributed by atoms with Crippen molar-refractivity contribution in [3.63, 3.8) is 0 Å². The van der Waals surface area contributed by atoms with E-state index in [4.69, 9.17) is 0 Å². The average Bonchev–Trinajstić information content (AvgIpc) is 3.47. The Morgan fingerprint density at radius 1 is 0.811 bits per heavy atom. The van der Waals surface area contributed by atoms with Gasteiger partial charge in [-0.25, -0.2) is 0 Å². The van der Waals surface area contributed by atoms with Crippen molar-refractivity contribution in [1.82, 2.24) is 20.0 Å². The third-order valence-electron chi connectivity index (χ3n) is 10.0. The molecule has 3 atom stereocenters. The van der Waals surface area contributed by atoms with Gasteiger partial charge in [0, 0.05) is 50.7 Å². The van der Waals surface area contributed by atoms with Crippen molar-refractivity contribution in [2.75, 3.05) is 52.9 Å². The summed E-state index contributed by atoms with van der Waals surface area (Å²) in [6, 6.07) is 22.6. The first-order chi connectivity index (χ1) is 18.1. The standard InChI is InChI=1S/C32H44N4O/c1-34-18-20-36(21-19-34)32-22-27(25-10-4-2-5-11-25)31(28(23-32)26-12-6-3-7-13-26)29(24-32)33-30(37)14-17-35-15-8-9-16-35/h2-7,10-13,27-29,31H,8-9,14-24H2,1H3,(H,33,37)/t27-,28-,29-,31?,32?/m0/s1. The SMILES string of the molecule is CN1CCN(C23C[C@H](NC(=O)CCN4CCCC4)C([C@H](c4ccccc4)C2)[C@H](c2ccccc2)C3)CC1. The summed E-state index contributed by atoms with van der Waals surface area (Å²) >= 11 is 0. The molecule has 37 heavy (non-hydrogen) atoms. The molecule has 3 saturated carbocycles. The zero-order valence-electron chi connectivity index (χ0n) is 22.5. The number of hydrogen-bond acceptors (Lipinski definition) is 4. The van der Waals surface area contributed by atoms with Crippen LogP contribution in [0.4, 0.5) is 0 Å². The van der Waals surface area contributed by atoms with Crippen molar-refractivity contribution in [2.45, 2.75) is 61.9 Å². The number of hydrogen-bond donors (Lipinski definition) is 1. The number of likely N-dealkylation sites (N-methyl/N-ethyl adjacent to an activating group) is 1. The zero-order chi connectivity index (χ0) is 25.2. The molecule has 2 heterocycles. The van der Waals surface area contributed by atoms with Crippen molar-refractivity contribution in [1.29, 1.82) is 0 Å². The molecule has 0 radical (unpaired) electrons. The Balaban J connectivity index is 1.33. The number of rotatable bonds is 7. The van der Waals surface area contributed by atoms with E-state index in [1.54, 1.807) is 0 Å². The van der Waals surface area contributed by atoms with Crippen molar-refractivity contribution in [2.24, 2.45) is 5.92 Å². The minimum atomic E-state index is 0.129. The monoisotopic (exact) mass is 500 g/mol. The van der Waals surface area contributed by atoms with Crippen molar-refractivity contribution in [3.8, 4) is 0 Å². The third-order valence-corrected chi connectivity index (χ3v) is 10.0. The second-order valence-corrected chi connectivity index (χ2v) is 12.2. The summed E-state index contributed by atoms with van der Waals surface area (Å²) in [7, 11) is 2.25. The Hall–Kier alpha value is -2.21. The first kappa shape index (κ1) is 25.1. The number of nitrogens with zero attached hydrogens (tertiary/aromatic N) is 3. The smallest absolute Gasteiger partial charge is 0.221 e. The molecule has 2 aliphatic heterocycles. The van der Waals surface area contributed by atoms with Gasteiger partial charge in [-0.05, 0) is 81.1 Å². The first-order valence-electron chi connectivity index (χ1n) is 14.7. The lowest BCUT2D eigenvalue weighted by Crippen LogP contribution is -2.67. The number of piperazine rings is 1. The van der Waals surface area contributed by atoms with Gasteiger partial charge < -0.3 is 15.1 Å². The fourth-order valence-corrected chi connectivity index (χ4v) is 8.17. The maximum Gasteiger partial charge on any atom is 0.221 e. The molecule has 3 aliphatic carbocycles. The largest absolute Gasteiger partial charge is 0.353 e. The number of amides is 1. The molecule has 7 rings (SSSR count). The molecular formula is C32H44N4O. The molecule has 198 valence electrons. The van der Waals surface area contributed by atoms with E-state index in [-0.39, 0.29) is 17.5 Å². The summed E-state index contributed by atoms with van der Waals surface area (Å²) in [5.74, 6) is 1.58. The second kappa shape index (κ2) is 10.9. The predicted molar refractivity (Wildman–Crippen MR) is 150 cm³/mol. The lowest BCUT2D eigenvalue weighted by molar-refractivity contribution is -0.126. The summed E-state index contributed by atoms with van der Waals surface area (Å²) in [5.41, 5.74) is 3.02. The van der Waals surface area contributed by atoms with Crippen LogP contribution in [0.3, 0.4) is 0 Å². The van der Waals surface area contributed by atoms with Gasteiger partial charge in [0.15, 0.2) is 0 Å². The Morgan fingerprint density at radius 2 is 1.38 bits per heavy atom. The van der Waals surface area contributed by atoms with E-state index >= 15 is 0 Å². The highest BCUT2D eigenvalue weighted by Crippen LogP contribution is 2.59. The topological polar surface area (TPSA) is 38.8 Å². The van der Waals surface area contributed by atoms with Crippen molar-refractivity contribution >= 4 is 5.91 Å². The number of carbonyl (C=O) groups excluding carboxylic acids is 1. The molecule has 5 aliphatic rings. The van der Waals surface area contributed by atoms with E-state index in [0.717, 1.165) is 52.2 Å². The van der Waals surface area contributed by atoms with Gasteiger partial charge in [0.1, 0.15) is 0 Å². The molecule has 2 bridgehead atoms. The predicted octanol–water partition coefficient (Wildman–Crippen LogP) is 4.32. The minimum Gasteiger partial charge on any atom is -0.353 e. The van der Waals surface area contributed by atoms with Crippen LogP contribution in [-0.4, -0.2) is 85.0 Å². The summed E-state index contributed by atoms with van der Waals surface area (Å²) in [6.07, 6.45) is 6.67. The van der Waals surface area contributed by atoms with Crippen LogP contribution in [0.25, 0.3) is 0 Å². The van der Waals surface area contributed by atoms with Crippen LogP contribution in [0, 0.1) is 5.92 Å². The molecule has 0 spiro atoms. The van der Waals surface area contributed by atoms with Gasteiger partial charge in [0.2, 0.25) is 5.91 Å². The molecule has 0 aromatic heterocycles. The minimum absolute atomic E-state index is 0.129. The maximum atomic E-state index is 13.4. The van der Waals surface area contributed by atoms with Gasteiger partial charge in [-0.3, -0.25) is 9.69 Å². The lowest BCUT2D eigenvalue weighted by atomic mass is 9.51. The van der Waals surface area contributed by atoms with E-state index in [9.17, 15) is 4.79 Å². The van der Waals surface area contributed by atoms with Crippen LogP contribution in [-0.2, 0) is 4.79 Å². The number of benzene rings is 2. The van der Waals surface area contributed by atoms with Crippen LogP contribution < -0.4 is 5.32 Å². The Bertz CT molecular complexity index is 980. The van der Waals surface area contributed by atoms with E-state index in [1.807, 2.05) is 0 Å². The fraction of sp³-hybridized carbons (Fsp3) is 0.594. The molecule has 5 fully saturated rings. The Labute approximate surface area is 223 Å². The highest BCUT2D eigenvalue weighted by atomic mass is 16.1. The number of likely N-dealkylation sites (tertiary alicyclic amines) is 1. The first-order valence-corrected chi connectivity index (χ1v) is 14.7. The van der Waals surface area contributed by atoms with Crippen LogP contribution in [0.15, 0.2) is 60.7 Å². The van der Waals surface area contributed by atoms with E-state index in [2.05, 4.69) is 87.7 Å². The van der Waals surface area contributed by atoms with Crippen LogP contribution in [0.2, 0.25) is 0 Å². The molecule has 2 aromatic rings.